The molecule has 0 aliphatic carbocycles. The van der Waals surface area contributed by atoms with E-state index in [-0.39, 0.29) is 26.5 Å². The van der Waals surface area contributed by atoms with Gasteiger partial charge in [-0.2, -0.15) is 26.3 Å². The summed E-state index contributed by atoms with van der Waals surface area (Å²) >= 11 is 0. The maximum Gasteiger partial charge on any atom is 0.416 e. The number of alkyl halides is 6. The van der Waals surface area contributed by atoms with Gasteiger partial charge in [-0.05, 0) is 80.6 Å². The van der Waals surface area contributed by atoms with E-state index in [4.69, 9.17) is 18.9 Å². The Hall–Kier alpha value is -4.69. The number of hydrogen-bond acceptors (Lipinski definition) is 6. The molecule has 8 nitrogen and oxygen atoms in total. The molecule has 2 aliphatic rings. The summed E-state index contributed by atoms with van der Waals surface area (Å²) in [6, 6.07) is 10.2. The molecule has 0 radical (unpaired) electrons. The van der Waals surface area contributed by atoms with Crippen LogP contribution in [0, 0.1) is 11.7 Å². The zero-order chi connectivity index (χ0) is 35.7. The topological polar surface area (TPSA) is 86.3 Å². The molecule has 49 heavy (non-hydrogen) atoms. The Balaban J connectivity index is 1.38. The molecule has 0 bridgehead atoms. The number of amides is 2. The van der Waals surface area contributed by atoms with Gasteiger partial charge in [0.1, 0.15) is 17.2 Å². The van der Waals surface area contributed by atoms with Gasteiger partial charge in [-0.3, -0.25) is 4.79 Å². The molecule has 0 unspecified atom stereocenters. The number of hydrogen-bond donors (Lipinski definition) is 1. The fourth-order valence-corrected chi connectivity index (χ4v) is 5.82. The number of nitrogens with zero attached hydrogens (tertiary/aromatic N) is 1. The molecule has 0 saturated carbocycles. The SMILES string of the molecule is CC(C)(C)OC(=O)N1CC[C@@H](c2ccc(F)c(C(=O)NCc3c(C(F)(F)F)cccc3C(F)(F)F)c2)[C@H](COc2ccc3c(c2)OCO3)C1. The van der Waals surface area contributed by atoms with E-state index in [9.17, 15) is 35.9 Å². The molecular formula is C34H33F7N2O6. The van der Waals surface area contributed by atoms with Crippen molar-refractivity contribution in [1.82, 2.24) is 10.2 Å². The molecule has 2 amide bonds. The molecule has 1 fully saturated rings. The Labute approximate surface area is 277 Å². The van der Waals surface area contributed by atoms with Gasteiger partial charge in [0, 0.05) is 31.6 Å². The number of rotatable bonds is 7. The minimum absolute atomic E-state index is 0.0626. The van der Waals surface area contributed by atoms with Crippen LogP contribution in [0.1, 0.15) is 65.7 Å². The second-order valence-electron chi connectivity index (χ2n) is 12.7. The Kier molecular flexibility index (Phi) is 9.94. The summed E-state index contributed by atoms with van der Waals surface area (Å²) < 4.78 is 119. The van der Waals surface area contributed by atoms with Gasteiger partial charge in [0.25, 0.3) is 5.91 Å². The minimum atomic E-state index is -5.14. The van der Waals surface area contributed by atoms with Crippen LogP contribution in [0.3, 0.4) is 0 Å². The van der Waals surface area contributed by atoms with E-state index >= 15 is 4.39 Å². The molecule has 3 aromatic carbocycles. The largest absolute Gasteiger partial charge is 0.493 e. The van der Waals surface area contributed by atoms with Crippen molar-refractivity contribution < 1.29 is 59.3 Å². The highest BCUT2D eigenvalue weighted by atomic mass is 19.4. The lowest BCUT2D eigenvalue weighted by Gasteiger charge is -2.39. The molecule has 1 saturated heterocycles. The molecule has 2 atom stereocenters. The highest BCUT2D eigenvalue weighted by Gasteiger charge is 2.41. The van der Waals surface area contributed by atoms with Crippen molar-refractivity contribution >= 4 is 12.0 Å². The van der Waals surface area contributed by atoms with Crippen molar-refractivity contribution in [2.75, 3.05) is 26.5 Å². The molecule has 1 N–H and O–H groups in total. The van der Waals surface area contributed by atoms with Crippen LogP contribution in [-0.4, -0.2) is 49.0 Å². The van der Waals surface area contributed by atoms with Gasteiger partial charge in [-0.15, -0.1) is 0 Å². The second kappa shape index (κ2) is 13.7. The number of piperidine rings is 1. The van der Waals surface area contributed by atoms with Gasteiger partial charge in [0.2, 0.25) is 6.79 Å². The van der Waals surface area contributed by atoms with E-state index in [1.807, 2.05) is 5.32 Å². The highest BCUT2D eigenvalue weighted by Crippen LogP contribution is 2.40. The van der Waals surface area contributed by atoms with Crippen LogP contribution in [0.2, 0.25) is 0 Å². The van der Waals surface area contributed by atoms with E-state index in [0.29, 0.717) is 47.4 Å². The van der Waals surface area contributed by atoms with Crippen molar-refractivity contribution in [3.63, 3.8) is 0 Å². The smallest absolute Gasteiger partial charge is 0.416 e. The molecule has 264 valence electrons. The van der Waals surface area contributed by atoms with Gasteiger partial charge >= 0.3 is 18.4 Å². The number of fused-ring (bicyclic) bond motifs is 1. The summed E-state index contributed by atoms with van der Waals surface area (Å²) in [5.41, 5.74) is -5.20. The molecule has 0 aromatic heterocycles. The summed E-state index contributed by atoms with van der Waals surface area (Å²) in [4.78, 5) is 27.6. The molecular weight excluding hydrogens is 665 g/mol. The van der Waals surface area contributed by atoms with Gasteiger partial charge in [0.05, 0.1) is 23.3 Å². The number of nitrogens with one attached hydrogen (secondary N) is 1. The third-order valence-corrected chi connectivity index (χ3v) is 8.07. The first-order chi connectivity index (χ1) is 22.9. The highest BCUT2D eigenvalue weighted by molar-refractivity contribution is 5.94. The summed E-state index contributed by atoms with van der Waals surface area (Å²) in [5.74, 6) is -1.56. The zero-order valence-corrected chi connectivity index (χ0v) is 26.6. The molecule has 15 heteroatoms. The first-order valence-electron chi connectivity index (χ1n) is 15.2. The third kappa shape index (κ3) is 8.49. The lowest BCUT2D eigenvalue weighted by Crippen LogP contribution is -2.46. The van der Waals surface area contributed by atoms with Crippen molar-refractivity contribution in [3.8, 4) is 17.2 Å². The van der Waals surface area contributed by atoms with Crippen LogP contribution in [0.25, 0.3) is 0 Å². The second-order valence-corrected chi connectivity index (χ2v) is 12.7. The van der Waals surface area contributed by atoms with E-state index < -0.39 is 76.4 Å². The van der Waals surface area contributed by atoms with Crippen LogP contribution in [0.5, 0.6) is 17.2 Å². The van der Waals surface area contributed by atoms with Crippen LogP contribution in [0.15, 0.2) is 54.6 Å². The van der Waals surface area contributed by atoms with Gasteiger partial charge in [-0.25, -0.2) is 9.18 Å². The van der Waals surface area contributed by atoms with Crippen molar-refractivity contribution in [2.45, 2.75) is 57.6 Å². The van der Waals surface area contributed by atoms with Crippen LogP contribution < -0.4 is 19.5 Å². The minimum Gasteiger partial charge on any atom is -0.493 e. The van der Waals surface area contributed by atoms with Gasteiger partial charge in [-0.1, -0.05) is 12.1 Å². The summed E-state index contributed by atoms with van der Waals surface area (Å²) in [7, 11) is 0. The number of halogens is 7. The van der Waals surface area contributed by atoms with Crippen molar-refractivity contribution in [2.24, 2.45) is 5.92 Å². The average molecular weight is 699 g/mol. The van der Waals surface area contributed by atoms with E-state index in [0.717, 1.165) is 6.07 Å². The van der Waals surface area contributed by atoms with E-state index in [1.165, 1.54) is 17.0 Å². The maximum atomic E-state index is 15.0. The normalized spacial score (nSPS) is 17.9. The predicted molar refractivity (Wildman–Crippen MR) is 161 cm³/mol. The lowest BCUT2D eigenvalue weighted by atomic mass is 9.80. The summed E-state index contributed by atoms with van der Waals surface area (Å²) in [5, 5.41) is 2.04. The standard InChI is InChI=1S/C34H33F7N2O6/c1-32(2,3)49-31(45)43-12-11-22(20(16-43)17-46-21-8-10-28-29(14-21)48-18-47-28)19-7-9-27(35)23(13-19)30(44)42-15-24-25(33(36,37)38)5-4-6-26(24)34(39,40)41/h4-10,13-14,20,22H,11-12,15-18H2,1-3H3,(H,42,44)/t20-,22-/m0/s1. The fraction of sp³-hybridized carbons (Fsp3) is 0.412. The summed E-state index contributed by atoms with van der Waals surface area (Å²) in [6.45, 7) is 4.57. The number of benzene rings is 3. The van der Waals surface area contributed by atoms with Crippen LogP contribution in [0.4, 0.5) is 35.5 Å². The molecule has 5 rings (SSSR count). The fourth-order valence-electron chi connectivity index (χ4n) is 5.82. The summed E-state index contributed by atoms with van der Waals surface area (Å²) in [6.07, 6.45) is -10.5. The van der Waals surface area contributed by atoms with Crippen LogP contribution >= 0.6 is 0 Å². The molecule has 2 heterocycles. The predicted octanol–water partition coefficient (Wildman–Crippen LogP) is 7.94. The van der Waals surface area contributed by atoms with Crippen molar-refractivity contribution in [3.05, 3.63) is 88.2 Å². The Morgan fingerprint density at radius 1 is 0.918 bits per heavy atom. The van der Waals surface area contributed by atoms with E-state index in [1.54, 1.807) is 39.0 Å². The Morgan fingerprint density at radius 2 is 1.59 bits per heavy atom. The number of carbonyl (C=O) groups excluding carboxylic acids is 2. The monoisotopic (exact) mass is 698 g/mol. The molecule has 2 aliphatic heterocycles. The number of likely N-dealkylation sites (tertiary alicyclic amines) is 1. The first kappa shape index (κ1) is 35.6. The van der Waals surface area contributed by atoms with E-state index in [2.05, 4.69) is 0 Å². The Morgan fingerprint density at radius 3 is 2.24 bits per heavy atom. The van der Waals surface area contributed by atoms with Crippen LogP contribution in [-0.2, 0) is 23.6 Å². The number of ether oxygens (including phenoxy) is 4. The molecule has 0 spiro atoms. The first-order valence-corrected chi connectivity index (χ1v) is 15.2. The Bertz CT molecular complexity index is 1670. The number of carbonyl (C=O) groups is 2. The zero-order valence-electron chi connectivity index (χ0n) is 26.6. The average Bonchev–Trinajstić information content (AvgIpc) is 3.49. The third-order valence-electron chi connectivity index (χ3n) is 8.07. The quantitative estimate of drug-likeness (QED) is 0.252. The van der Waals surface area contributed by atoms with Gasteiger partial charge < -0.3 is 29.2 Å². The lowest BCUT2D eigenvalue weighted by molar-refractivity contribution is -0.144. The maximum absolute atomic E-state index is 15.0. The molecule has 3 aromatic rings. The van der Waals surface area contributed by atoms with Gasteiger partial charge in [0.15, 0.2) is 11.5 Å². The van der Waals surface area contributed by atoms with Crippen molar-refractivity contribution in [1.29, 1.82) is 0 Å².